The number of piperidine rings is 2. The fourth-order valence-electron chi connectivity index (χ4n) is 4.72. The van der Waals surface area contributed by atoms with Gasteiger partial charge in [0.15, 0.2) is 0 Å². The zero-order chi connectivity index (χ0) is 14.0. The third-order valence-corrected chi connectivity index (χ3v) is 5.86. The molecule has 3 rings (SSSR count). The molecule has 0 aromatic carbocycles. The van der Waals surface area contributed by atoms with Crippen LogP contribution in [0, 0.1) is 11.3 Å². The molecule has 0 aromatic rings. The van der Waals surface area contributed by atoms with E-state index < -0.39 is 0 Å². The molecular weight excluding hydrogens is 284 g/mol. The van der Waals surface area contributed by atoms with E-state index in [0.717, 1.165) is 32.5 Å². The van der Waals surface area contributed by atoms with Crippen LogP contribution in [0.15, 0.2) is 0 Å². The molecule has 1 aliphatic carbocycles. The highest BCUT2D eigenvalue weighted by molar-refractivity contribution is 5.85. The predicted molar refractivity (Wildman–Crippen MR) is 88.8 cm³/mol. The van der Waals surface area contributed by atoms with Crippen LogP contribution in [-0.2, 0) is 4.79 Å². The highest BCUT2D eigenvalue weighted by Crippen LogP contribution is 2.43. The largest absolute Gasteiger partial charge is 0.342 e. The van der Waals surface area contributed by atoms with Crippen molar-refractivity contribution in [3.8, 4) is 0 Å². The van der Waals surface area contributed by atoms with Gasteiger partial charge in [0.2, 0.25) is 5.91 Å². The third-order valence-electron chi connectivity index (χ3n) is 5.86. The van der Waals surface area contributed by atoms with Crippen LogP contribution in [0.3, 0.4) is 0 Å². The Morgan fingerprint density at radius 1 is 1.14 bits per heavy atom. The molecule has 2 heterocycles. The lowest BCUT2D eigenvalue weighted by molar-refractivity contribution is -0.141. The van der Waals surface area contributed by atoms with Gasteiger partial charge in [-0.2, -0.15) is 0 Å². The van der Waals surface area contributed by atoms with Crippen molar-refractivity contribution >= 4 is 18.3 Å². The van der Waals surface area contributed by atoms with Crippen LogP contribution in [0.5, 0.6) is 0 Å². The van der Waals surface area contributed by atoms with Gasteiger partial charge in [-0.25, -0.2) is 0 Å². The zero-order valence-corrected chi connectivity index (χ0v) is 14.2. The molecule has 2 aliphatic heterocycles. The number of likely N-dealkylation sites (tertiary alicyclic amines) is 1. The SMILES string of the molecule is C[C@H]1C[C@@H](C(=O)N2CCCC3(CCCCC3)C2)CCN1.Cl. The summed E-state index contributed by atoms with van der Waals surface area (Å²) in [5.74, 6) is 0.744. The van der Waals surface area contributed by atoms with Gasteiger partial charge >= 0.3 is 0 Å². The first-order valence-electron chi connectivity index (χ1n) is 8.71. The summed E-state index contributed by atoms with van der Waals surface area (Å²) in [6.07, 6.45) is 11.5. The van der Waals surface area contributed by atoms with Crippen molar-refractivity contribution in [3.05, 3.63) is 0 Å². The Morgan fingerprint density at radius 2 is 1.86 bits per heavy atom. The van der Waals surface area contributed by atoms with Crippen molar-refractivity contribution in [2.45, 2.75) is 70.8 Å². The molecule has 3 aliphatic rings. The Morgan fingerprint density at radius 3 is 2.57 bits per heavy atom. The first-order chi connectivity index (χ1) is 9.69. The fourth-order valence-corrected chi connectivity index (χ4v) is 4.72. The van der Waals surface area contributed by atoms with E-state index >= 15 is 0 Å². The van der Waals surface area contributed by atoms with E-state index in [9.17, 15) is 4.79 Å². The van der Waals surface area contributed by atoms with Crippen molar-refractivity contribution in [1.29, 1.82) is 0 Å². The van der Waals surface area contributed by atoms with E-state index in [1.807, 2.05) is 0 Å². The lowest BCUT2D eigenvalue weighted by Crippen LogP contribution is -2.50. The lowest BCUT2D eigenvalue weighted by Gasteiger charge is -2.46. The number of hydrogen-bond acceptors (Lipinski definition) is 2. The van der Waals surface area contributed by atoms with Gasteiger partial charge in [0.25, 0.3) is 0 Å². The minimum Gasteiger partial charge on any atom is -0.342 e. The predicted octanol–water partition coefficient (Wildman–Crippen LogP) is 3.37. The van der Waals surface area contributed by atoms with E-state index in [4.69, 9.17) is 0 Å². The molecule has 1 spiro atoms. The van der Waals surface area contributed by atoms with Crippen LogP contribution in [0.2, 0.25) is 0 Å². The Labute approximate surface area is 135 Å². The van der Waals surface area contributed by atoms with Crippen LogP contribution in [0.1, 0.15) is 64.7 Å². The minimum atomic E-state index is 0. The molecule has 21 heavy (non-hydrogen) atoms. The average molecular weight is 315 g/mol. The summed E-state index contributed by atoms with van der Waals surface area (Å²) in [6, 6.07) is 0.506. The molecule has 3 nitrogen and oxygen atoms in total. The quantitative estimate of drug-likeness (QED) is 0.805. The molecule has 3 fully saturated rings. The Hall–Kier alpha value is -0.280. The molecule has 122 valence electrons. The smallest absolute Gasteiger partial charge is 0.225 e. The number of nitrogens with zero attached hydrogens (tertiary/aromatic N) is 1. The van der Waals surface area contributed by atoms with E-state index in [2.05, 4.69) is 17.1 Å². The number of halogens is 1. The molecular formula is C17H31ClN2O. The van der Waals surface area contributed by atoms with Crippen molar-refractivity contribution in [3.63, 3.8) is 0 Å². The molecule has 2 atom stereocenters. The van der Waals surface area contributed by atoms with Gasteiger partial charge < -0.3 is 10.2 Å². The van der Waals surface area contributed by atoms with E-state index in [1.54, 1.807) is 0 Å². The monoisotopic (exact) mass is 314 g/mol. The molecule has 2 saturated heterocycles. The first-order valence-corrected chi connectivity index (χ1v) is 8.71. The van der Waals surface area contributed by atoms with Crippen LogP contribution >= 0.6 is 12.4 Å². The molecule has 0 unspecified atom stereocenters. The van der Waals surface area contributed by atoms with Crippen molar-refractivity contribution < 1.29 is 4.79 Å². The van der Waals surface area contributed by atoms with Gasteiger partial charge in [-0.1, -0.05) is 19.3 Å². The summed E-state index contributed by atoms with van der Waals surface area (Å²) in [6.45, 7) is 5.29. The highest BCUT2D eigenvalue weighted by atomic mass is 35.5. The second kappa shape index (κ2) is 7.32. The van der Waals surface area contributed by atoms with E-state index in [0.29, 0.717) is 17.4 Å². The summed E-state index contributed by atoms with van der Waals surface area (Å²) >= 11 is 0. The number of carbonyl (C=O) groups is 1. The number of hydrogen-bond donors (Lipinski definition) is 1. The van der Waals surface area contributed by atoms with Crippen LogP contribution in [-0.4, -0.2) is 36.5 Å². The zero-order valence-electron chi connectivity index (χ0n) is 13.4. The molecule has 4 heteroatoms. The molecule has 1 N–H and O–H groups in total. The lowest BCUT2D eigenvalue weighted by atomic mass is 9.69. The number of carbonyl (C=O) groups excluding carboxylic acids is 1. The normalized spacial score (nSPS) is 32.5. The molecule has 0 aromatic heterocycles. The standard InChI is InChI=1S/C17H30N2O.ClH/c1-14-12-15(6-10-18-14)16(20)19-11-5-9-17(13-19)7-3-2-4-8-17;/h14-15,18H,2-13H2,1H3;1H/t14-,15-;/m0./s1. The van der Waals surface area contributed by atoms with Gasteiger partial charge in [-0.3, -0.25) is 4.79 Å². The molecule has 0 bridgehead atoms. The maximum Gasteiger partial charge on any atom is 0.225 e. The van der Waals surface area contributed by atoms with E-state index in [1.165, 1.54) is 44.9 Å². The highest BCUT2D eigenvalue weighted by Gasteiger charge is 2.39. The molecule has 1 amide bonds. The van der Waals surface area contributed by atoms with Crippen LogP contribution < -0.4 is 5.32 Å². The first kappa shape index (κ1) is 17.1. The maximum absolute atomic E-state index is 12.8. The Bertz CT molecular complexity index is 349. The van der Waals surface area contributed by atoms with Gasteiger partial charge in [0.1, 0.15) is 0 Å². The maximum atomic E-state index is 12.8. The van der Waals surface area contributed by atoms with Gasteiger partial charge in [-0.15, -0.1) is 12.4 Å². The van der Waals surface area contributed by atoms with Crippen molar-refractivity contribution in [2.75, 3.05) is 19.6 Å². The topological polar surface area (TPSA) is 32.3 Å². The summed E-state index contributed by atoms with van der Waals surface area (Å²) < 4.78 is 0. The summed E-state index contributed by atoms with van der Waals surface area (Å²) in [5, 5.41) is 3.46. The Balaban J connectivity index is 0.00000161. The van der Waals surface area contributed by atoms with E-state index in [-0.39, 0.29) is 18.3 Å². The summed E-state index contributed by atoms with van der Waals surface area (Å²) in [5.41, 5.74) is 0.491. The number of nitrogens with one attached hydrogen (secondary N) is 1. The average Bonchev–Trinajstić information content (AvgIpc) is 2.47. The summed E-state index contributed by atoms with van der Waals surface area (Å²) in [7, 11) is 0. The van der Waals surface area contributed by atoms with Crippen LogP contribution in [0.4, 0.5) is 0 Å². The second-order valence-corrected chi connectivity index (χ2v) is 7.50. The molecule has 0 radical (unpaired) electrons. The van der Waals surface area contributed by atoms with Gasteiger partial charge in [0, 0.05) is 25.0 Å². The molecule has 1 saturated carbocycles. The van der Waals surface area contributed by atoms with Gasteiger partial charge in [-0.05, 0) is 57.4 Å². The third kappa shape index (κ3) is 3.92. The Kier molecular flexibility index (Phi) is 5.96. The minimum absolute atomic E-state index is 0. The number of amides is 1. The summed E-state index contributed by atoms with van der Waals surface area (Å²) in [4.78, 5) is 15.1. The second-order valence-electron chi connectivity index (χ2n) is 7.50. The fraction of sp³-hybridized carbons (Fsp3) is 0.941. The number of rotatable bonds is 1. The van der Waals surface area contributed by atoms with Gasteiger partial charge in [0.05, 0.1) is 0 Å². The van der Waals surface area contributed by atoms with Crippen molar-refractivity contribution in [1.82, 2.24) is 10.2 Å². The van der Waals surface area contributed by atoms with Crippen LogP contribution in [0.25, 0.3) is 0 Å². The van der Waals surface area contributed by atoms with Crippen molar-refractivity contribution in [2.24, 2.45) is 11.3 Å².